The number of hydrogen-bond donors (Lipinski definition) is 1. The van der Waals surface area contributed by atoms with Gasteiger partial charge in [-0.3, -0.25) is 14.4 Å². The summed E-state index contributed by atoms with van der Waals surface area (Å²) in [7, 11) is 0. The highest BCUT2D eigenvalue weighted by Gasteiger charge is 2.36. The lowest BCUT2D eigenvalue weighted by Crippen LogP contribution is -2.28. The average molecular weight is 551 g/mol. The van der Waals surface area contributed by atoms with Gasteiger partial charge in [-0.2, -0.15) is 0 Å². The topological polar surface area (TPSA) is 84.9 Å². The van der Waals surface area contributed by atoms with Crippen molar-refractivity contribution in [3.8, 4) is 11.5 Å². The number of benzene rings is 3. The number of rotatable bonds is 7. The molecule has 0 spiro atoms. The molecule has 1 fully saturated rings. The summed E-state index contributed by atoms with van der Waals surface area (Å²) >= 11 is 3.41. The summed E-state index contributed by atoms with van der Waals surface area (Å²) in [6.07, 6.45) is 0.0350. The molecule has 2 amide bonds. The zero-order chi connectivity index (χ0) is 25.8. The molecule has 36 heavy (non-hydrogen) atoms. The third kappa shape index (κ3) is 6.12. The van der Waals surface area contributed by atoms with Crippen LogP contribution in [0.4, 0.5) is 11.4 Å². The largest absolute Gasteiger partial charge is 0.457 e. The summed E-state index contributed by atoms with van der Waals surface area (Å²) in [5.41, 5.74) is 4.60. The molecule has 0 aliphatic carbocycles. The summed E-state index contributed by atoms with van der Waals surface area (Å²) < 4.78 is 12.0. The summed E-state index contributed by atoms with van der Waals surface area (Å²) in [5.74, 6) is -0.420. The Balaban J connectivity index is 1.30. The molecule has 1 atom stereocenters. The van der Waals surface area contributed by atoms with Crippen molar-refractivity contribution in [3.05, 3.63) is 81.8 Å². The average Bonchev–Trinajstić information content (AvgIpc) is 3.24. The number of carbonyl (C=O) groups is 3. The molecule has 1 heterocycles. The van der Waals surface area contributed by atoms with Crippen LogP contribution in [-0.2, 0) is 19.1 Å². The molecule has 3 aromatic carbocycles. The van der Waals surface area contributed by atoms with Gasteiger partial charge in [-0.15, -0.1) is 0 Å². The van der Waals surface area contributed by atoms with Gasteiger partial charge in [-0.25, -0.2) is 0 Å². The van der Waals surface area contributed by atoms with Crippen molar-refractivity contribution >= 4 is 45.1 Å². The van der Waals surface area contributed by atoms with Crippen LogP contribution in [-0.4, -0.2) is 30.9 Å². The van der Waals surface area contributed by atoms with Crippen LogP contribution in [0.3, 0.4) is 0 Å². The molecule has 0 aromatic heterocycles. The fourth-order valence-corrected chi connectivity index (χ4v) is 4.14. The Morgan fingerprint density at radius 2 is 1.67 bits per heavy atom. The van der Waals surface area contributed by atoms with E-state index in [9.17, 15) is 14.4 Å². The molecular formula is C28H27BrN2O5. The first kappa shape index (κ1) is 25.4. The maximum absolute atomic E-state index is 12.6. The van der Waals surface area contributed by atoms with E-state index in [4.69, 9.17) is 9.47 Å². The molecule has 1 N–H and O–H groups in total. The number of carbonyl (C=O) groups excluding carboxylic acids is 3. The van der Waals surface area contributed by atoms with Gasteiger partial charge in [-0.1, -0.05) is 22.0 Å². The number of anilines is 2. The monoisotopic (exact) mass is 550 g/mol. The minimum atomic E-state index is -0.633. The number of nitrogens with zero attached hydrogens (tertiary/aromatic N) is 1. The van der Waals surface area contributed by atoms with Crippen molar-refractivity contribution in [1.29, 1.82) is 0 Å². The van der Waals surface area contributed by atoms with Crippen LogP contribution in [0.15, 0.2) is 65.1 Å². The van der Waals surface area contributed by atoms with Gasteiger partial charge in [0.15, 0.2) is 6.61 Å². The zero-order valence-electron chi connectivity index (χ0n) is 20.3. The summed E-state index contributed by atoms with van der Waals surface area (Å²) in [4.78, 5) is 38.8. The fraction of sp³-hybridized carbons (Fsp3) is 0.250. The van der Waals surface area contributed by atoms with Gasteiger partial charge in [0.25, 0.3) is 5.91 Å². The molecule has 4 rings (SSSR count). The van der Waals surface area contributed by atoms with Gasteiger partial charge >= 0.3 is 5.97 Å². The molecule has 0 radical (unpaired) electrons. The van der Waals surface area contributed by atoms with Crippen molar-refractivity contribution in [2.45, 2.75) is 27.2 Å². The summed E-state index contributed by atoms with van der Waals surface area (Å²) in [6, 6.07) is 18.4. The number of ether oxygens (including phenoxy) is 2. The SMILES string of the molecule is Cc1ccc(Oc2ccc(N3C[C@@H](C(=O)OCC(=O)Nc4ccc(Br)c(C)c4)CC3=O)cc2)cc1C. The van der Waals surface area contributed by atoms with E-state index in [0.29, 0.717) is 17.1 Å². The molecular weight excluding hydrogens is 524 g/mol. The van der Waals surface area contributed by atoms with Gasteiger partial charge in [-0.05, 0) is 92.1 Å². The lowest BCUT2D eigenvalue weighted by atomic mass is 10.1. The van der Waals surface area contributed by atoms with Crippen molar-refractivity contribution < 1.29 is 23.9 Å². The molecule has 0 unspecified atom stereocenters. The lowest BCUT2D eigenvalue weighted by molar-refractivity contribution is -0.151. The second-order valence-electron chi connectivity index (χ2n) is 8.87. The van der Waals surface area contributed by atoms with Crippen molar-refractivity contribution in [2.75, 3.05) is 23.4 Å². The Kier molecular flexibility index (Phi) is 7.74. The molecule has 7 nitrogen and oxygen atoms in total. The Morgan fingerprint density at radius 3 is 2.36 bits per heavy atom. The molecule has 3 aromatic rings. The molecule has 0 saturated carbocycles. The van der Waals surface area contributed by atoms with Gasteiger partial charge in [0, 0.05) is 28.8 Å². The van der Waals surface area contributed by atoms with Gasteiger partial charge in [0.2, 0.25) is 5.91 Å². The van der Waals surface area contributed by atoms with Gasteiger partial charge in [0.1, 0.15) is 11.5 Å². The van der Waals surface area contributed by atoms with E-state index in [-0.39, 0.29) is 18.9 Å². The van der Waals surface area contributed by atoms with Crippen LogP contribution < -0.4 is 15.0 Å². The fourth-order valence-electron chi connectivity index (χ4n) is 3.90. The van der Waals surface area contributed by atoms with Crippen LogP contribution in [0.5, 0.6) is 11.5 Å². The van der Waals surface area contributed by atoms with E-state index in [1.165, 1.54) is 5.56 Å². The first-order chi connectivity index (χ1) is 17.2. The quantitative estimate of drug-likeness (QED) is 0.381. The maximum Gasteiger partial charge on any atom is 0.311 e. The molecule has 0 bridgehead atoms. The van der Waals surface area contributed by atoms with Crippen LogP contribution in [0, 0.1) is 26.7 Å². The predicted molar refractivity (Wildman–Crippen MR) is 141 cm³/mol. The number of hydrogen-bond acceptors (Lipinski definition) is 5. The number of nitrogens with one attached hydrogen (secondary N) is 1. The number of amides is 2. The van der Waals surface area contributed by atoms with E-state index in [1.54, 1.807) is 35.2 Å². The molecule has 1 saturated heterocycles. The highest BCUT2D eigenvalue weighted by Crippen LogP contribution is 2.30. The first-order valence-corrected chi connectivity index (χ1v) is 12.4. The van der Waals surface area contributed by atoms with Gasteiger partial charge < -0.3 is 19.7 Å². The van der Waals surface area contributed by atoms with Crippen LogP contribution in [0.25, 0.3) is 0 Å². The van der Waals surface area contributed by atoms with Crippen LogP contribution in [0.1, 0.15) is 23.1 Å². The van der Waals surface area contributed by atoms with E-state index < -0.39 is 24.4 Å². The second kappa shape index (κ2) is 11.0. The van der Waals surface area contributed by atoms with Crippen LogP contribution >= 0.6 is 15.9 Å². The molecule has 8 heteroatoms. The minimum absolute atomic E-state index is 0.0350. The van der Waals surface area contributed by atoms with E-state index >= 15 is 0 Å². The van der Waals surface area contributed by atoms with Crippen molar-refractivity contribution in [1.82, 2.24) is 0 Å². The number of esters is 1. The predicted octanol–water partition coefficient (Wildman–Crippen LogP) is 5.70. The molecule has 1 aliphatic heterocycles. The highest BCUT2D eigenvalue weighted by molar-refractivity contribution is 9.10. The highest BCUT2D eigenvalue weighted by atomic mass is 79.9. The maximum atomic E-state index is 12.6. The Morgan fingerprint density at radius 1 is 0.944 bits per heavy atom. The van der Waals surface area contributed by atoms with Crippen molar-refractivity contribution in [2.24, 2.45) is 5.92 Å². The van der Waals surface area contributed by atoms with Crippen LogP contribution in [0.2, 0.25) is 0 Å². The lowest BCUT2D eigenvalue weighted by Gasteiger charge is -2.17. The third-order valence-corrected chi connectivity index (χ3v) is 7.00. The van der Waals surface area contributed by atoms with Gasteiger partial charge in [0.05, 0.1) is 5.92 Å². The summed E-state index contributed by atoms with van der Waals surface area (Å²) in [6.45, 7) is 5.77. The standard InChI is InChI=1S/C28H27BrN2O5/c1-17-4-8-24(13-18(17)2)36-23-9-6-22(7-10-23)31-15-20(14-27(31)33)28(34)35-16-26(32)30-21-5-11-25(29)19(3)12-21/h4-13,20H,14-16H2,1-3H3,(H,30,32)/t20-/m0/s1. The van der Waals surface area contributed by atoms with E-state index in [1.807, 2.05) is 51.1 Å². The van der Waals surface area contributed by atoms with E-state index in [2.05, 4.69) is 21.2 Å². The third-order valence-electron chi connectivity index (χ3n) is 6.11. The first-order valence-electron chi connectivity index (χ1n) is 11.6. The Labute approximate surface area is 218 Å². The molecule has 1 aliphatic rings. The zero-order valence-corrected chi connectivity index (χ0v) is 21.9. The number of halogens is 1. The Bertz CT molecular complexity index is 1310. The van der Waals surface area contributed by atoms with Crippen molar-refractivity contribution in [3.63, 3.8) is 0 Å². The smallest absolute Gasteiger partial charge is 0.311 e. The van der Waals surface area contributed by atoms with E-state index in [0.717, 1.165) is 21.3 Å². The normalized spacial score (nSPS) is 15.1. The summed E-state index contributed by atoms with van der Waals surface area (Å²) in [5, 5.41) is 2.70. The second-order valence-corrected chi connectivity index (χ2v) is 9.72. The number of aryl methyl sites for hydroxylation is 3. The Hall–Kier alpha value is -3.65. The molecule has 186 valence electrons. The minimum Gasteiger partial charge on any atom is -0.457 e.